The number of unbranched alkanes of at least 4 members (excludes halogenated alkanes) is 6. The van der Waals surface area contributed by atoms with Crippen molar-refractivity contribution in [3.05, 3.63) is 47.5 Å². The van der Waals surface area contributed by atoms with E-state index in [1.165, 1.54) is 0 Å². The van der Waals surface area contributed by atoms with Crippen molar-refractivity contribution in [1.29, 1.82) is 0 Å². The van der Waals surface area contributed by atoms with Crippen LogP contribution in [0.3, 0.4) is 0 Å². The van der Waals surface area contributed by atoms with E-state index in [0.717, 1.165) is 79.7 Å². The molecule has 0 aliphatic heterocycles. The fourth-order valence-corrected chi connectivity index (χ4v) is 4.25. The van der Waals surface area contributed by atoms with Crippen molar-refractivity contribution in [3.63, 3.8) is 0 Å². The maximum Gasteiger partial charge on any atom is 0.338 e. The molecule has 0 bridgehead atoms. The first-order chi connectivity index (χ1) is 16.1. The quantitative estimate of drug-likeness (QED) is 0.202. The van der Waals surface area contributed by atoms with Gasteiger partial charge in [-0.3, -0.25) is 0 Å². The lowest BCUT2D eigenvalue weighted by Crippen LogP contribution is -2.06. The van der Waals surface area contributed by atoms with E-state index in [2.05, 4.69) is 25.3 Å². The van der Waals surface area contributed by atoms with Crippen LogP contribution in [0.2, 0.25) is 0 Å². The fourth-order valence-electron chi connectivity index (χ4n) is 4.25. The Morgan fingerprint density at radius 1 is 0.667 bits per heavy atom. The number of aryl methyl sites for hydroxylation is 1. The van der Waals surface area contributed by atoms with Gasteiger partial charge in [0.2, 0.25) is 0 Å². The van der Waals surface area contributed by atoms with Gasteiger partial charge in [-0.1, -0.05) is 52.4 Å². The molecule has 1 aromatic heterocycles. The Balaban J connectivity index is 1.82. The number of hydrogen-bond acceptors (Lipinski definition) is 4. The van der Waals surface area contributed by atoms with Crippen molar-refractivity contribution in [2.24, 2.45) is 0 Å². The van der Waals surface area contributed by atoms with E-state index >= 15 is 0 Å². The van der Waals surface area contributed by atoms with Crippen LogP contribution >= 0.6 is 0 Å². The Morgan fingerprint density at radius 3 is 1.52 bits per heavy atom. The maximum absolute atomic E-state index is 12.6. The first-order valence-electron chi connectivity index (χ1n) is 12.5. The summed E-state index contributed by atoms with van der Waals surface area (Å²) in [5.41, 5.74) is 3.16. The number of benzene rings is 2. The van der Waals surface area contributed by atoms with E-state index in [9.17, 15) is 9.59 Å². The molecule has 5 nitrogen and oxygen atoms in total. The third kappa shape index (κ3) is 6.16. The largest absolute Gasteiger partial charge is 0.462 e. The van der Waals surface area contributed by atoms with Crippen LogP contribution in [-0.4, -0.2) is 29.7 Å². The number of rotatable bonds is 13. The molecule has 33 heavy (non-hydrogen) atoms. The minimum absolute atomic E-state index is 0.298. The highest BCUT2D eigenvalue weighted by Gasteiger charge is 2.16. The van der Waals surface area contributed by atoms with Gasteiger partial charge < -0.3 is 14.0 Å². The molecule has 0 amide bonds. The molecule has 1 heterocycles. The average molecular weight is 452 g/mol. The zero-order valence-electron chi connectivity index (χ0n) is 20.3. The van der Waals surface area contributed by atoms with Crippen molar-refractivity contribution in [2.75, 3.05) is 13.2 Å². The molecule has 5 heteroatoms. The molecule has 0 aliphatic rings. The number of esters is 2. The number of hydrogen-bond donors (Lipinski definition) is 0. The highest BCUT2D eigenvalue weighted by molar-refractivity contribution is 6.12. The van der Waals surface area contributed by atoms with Crippen molar-refractivity contribution >= 4 is 33.7 Å². The second-order valence-electron chi connectivity index (χ2n) is 8.60. The van der Waals surface area contributed by atoms with E-state index < -0.39 is 0 Å². The van der Waals surface area contributed by atoms with Crippen molar-refractivity contribution in [2.45, 2.75) is 78.7 Å². The van der Waals surface area contributed by atoms with Crippen LogP contribution in [-0.2, 0) is 16.0 Å². The summed E-state index contributed by atoms with van der Waals surface area (Å²) in [6.07, 6.45) is 8.55. The van der Waals surface area contributed by atoms with Crippen molar-refractivity contribution in [3.8, 4) is 0 Å². The van der Waals surface area contributed by atoms with Crippen LogP contribution < -0.4 is 0 Å². The Morgan fingerprint density at radius 2 is 1.12 bits per heavy atom. The number of carbonyl (C=O) groups is 2. The molecule has 0 atom stereocenters. The number of aromatic nitrogens is 1. The SMILES string of the molecule is CCCCCCOC(=O)c1ccc2c(c1)c1cc(C(=O)OCCCCCC)ccc1n2CC. The molecule has 0 unspecified atom stereocenters. The summed E-state index contributed by atoms with van der Waals surface area (Å²) in [6, 6.07) is 11.4. The molecule has 3 rings (SSSR count). The lowest BCUT2D eigenvalue weighted by Gasteiger charge is -2.06. The molecule has 0 saturated heterocycles. The highest BCUT2D eigenvalue weighted by atomic mass is 16.5. The standard InChI is InChI=1S/C28H37NO4/c1-4-7-9-11-17-32-27(30)21-13-15-25-23(19-21)24-20-22(14-16-26(24)29(25)6-3)28(31)33-18-12-10-8-5-2/h13-16,19-20H,4-12,17-18H2,1-3H3. The van der Waals surface area contributed by atoms with Gasteiger partial charge in [-0.25, -0.2) is 9.59 Å². The molecule has 0 aliphatic carbocycles. The predicted octanol–water partition coefficient (Wildman–Crippen LogP) is 7.29. The summed E-state index contributed by atoms with van der Waals surface area (Å²) in [7, 11) is 0. The zero-order valence-corrected chi connectivity index (χ0v) is 20.3. The molecule has 0 saturated carbocycles. The molecule has 0 fully saturated rings. The number of carbonyl (C=O) groups excluding carboxylic acids is 2. The number of nitrogens with zero attached hydrogens (tertiary/aromatic N) is 1. The van der Waals surface area contributed by atoms with Crippen LogP contribution in [0.4, 0.5) is 0 Å². The molecule has 0 N–H and O–H groups in total. The Bertz CT molecular complexity index is 999. The minimum Gasteiger partial charge on any atom is -0.462 e. The Kier molecular flexibility index (Phi) is 9.35. The third-order valence-electron chi connectivity index (χ3n) is 6.11. The Labute approximate surface area is 197 Å². The van der Waals surface area contributed by atoms with Crippen LogP contribution in [0, 0.1) is 0 Å². The molecular formula is C28H37NO4. The second-order valence-corrected chi connectivity index (χ2v) is 8.60. The lowest BCUT2D eigenvalue weighted by atomic mass is 10.1. The van der Waals surface area contributed by atoms with Crippen LogP contribution in [0.5, 0.6) is 0 Å². The molecule has 2 aromatic carbocycles. The molecule has 0 radical (unpaired) electrons. The van der Waals surface area contributed by atoms with Gasteiger partial charge in [0.25, 0.3) is 0 Å². The molecule has 0 spiro atoms. The van der Waals surface area contributed by atoms with Gasteiger partial charge in [0, 0.05) is 28.4 Å². The summed E-state index contributed by atoms with van der Waals surface area (Å²) >= 11 is 0. The smallest absolute Gasteiger partial charge is 0.338 e. The Hall–Kier alpha value is -2.82. The van der Waals surface area contributed by atoms with Gasteiger partial charge in [-0.15, -0.1) is 0 Å². The lowest BCUT2D eigenvalue weighted by molar-refractivity contribution is 0.0488. The van der Waals surface area contributed by atoms with E-state index in [-0.39, 0.29) is 11.9 Å². The first-order valence-corrected chi connectivity index (χ1v) is 12.5. The molecular weight excluding hydrogens is 414 g/mol. The average Bonchev–Trinajstić information content (AvgIpc) is 3.15. The van der Waals surface area contributed by atoms with E-state index in [1.807, 2.05) is 36.4 Å². The van der Waals surface area contributed by atoms with Gasteiger partial charge in [0.15, 0.2) is 0 Å². The van der Waals surface area contributed by atoms with Crippen molar-refractivity contribution < 1.29 is 19.1 Å². The molecule has 178 valence electrons. The van der Waals surface area contributed by atoms with Gasteiger partial charge in [-0.2, -0.15) is 0 Å². The van der Waals surface area contributed by atoms with E-state index in [0.29, 0.717) is 24.3 Å². The van der Waals surface area contributed by atoms with E-state index in [1.54, 1.807) is 0 Å². The van der Waals surface area contributed by atoms with Crippen molar-refractivity contribution in [1.82, 2.24) is 4.57 Å². The summed E-state index contributed by atoms with van der Waals surface area (Å²) in [5, 5.41) is 1.90. The zero-order chi connectivity index (χ0) is 23.6. The summed E-state index contributed by atoms with van der Waals surface area (Å²) in [4.78, 5) is 25.2. The number of ether oxygens (including phenoxy) is 2. The van der Waals surface area contributed by atoms with Gasteiger partial charge >= 0.3 is 11.9 Å². The fraction of sp³-hybridized carbons (Fsp3) is 0.500. The van der Waals surface area contributed by atoms with Crippen LogP contribution in [0.25, 0.3) is 21.8 Å². The first kappa shape index (κ1) is 24.8. The van der Waals surface area contributed by atoms with Crippen LogP contribution in [0.15, 0.2) is 36.4 Å². The van der Waals surface area contributed by atoms with Crippen LogP contribution in [0.1, 0.15) is 92.9 Å². The van der Waals surface area contributed by atoms with E-state index in [4.69, 9.17) is 9.47 Å². The molecule has 3 aromatic rings. The third-order valence-corrected chi connectivity index (χ3v) is 6.11. The minimum atomic E-state index is -0.298. The van der Waals surface area contributed by atoms with Gasteiger partial charge in [0.1, 0.15) is 0 Å². The topological polar surface area (TPSA) is 57.5 Å². The predicted molar refractivity (Wildman–Crippen MR) is 134 cm³/mol. The normalized spacial score (nSPS) is 11.2. The summed E-state index contributed by atoms with van der Waals surface area (Å²) in [5.74, 6) is -0.595. The van der Waals surface area contributed by atoms with Gasteiger partial charge in [-0.05, 0) is 56.2 Å². The number of fused-ring (bicyclic) bond motifs is 3. The van der Waals surface area contributed by atoms with Gasteiger partial charge in [0.05, 0.1) is 24.3 Å². The second kappa shape index (κ2) is 12.4. The monoisotopic (exact) mass is 451 g/mol. The maximum atomic E-state index is 12.6. The summed E-state index contributed by atoms with van der Waals surface area (Å²) < 4.78 is 13.2. The summed E-state index contributed by atoms with van der Waals surface area (Å²) in [6.45, 7) is 8.10. The highest BCUT2D eigenvalue weighted by Crippen LogP contribution is 2.31.